The first-order valence-electron chi connectivity index (χ1n) is 10.1. The molecule has 1 aliphatic heterocycles. The van der Waals surface area contributed by atoms with Crippen molar-refractivity contribution in [2.75, 3.05) is 7.11 Å². The van der Waals surface area contributed by atoms with Crippen molar-refractivity contribution >= 4 is 18.0 Å². The number of hydrazine groups is 1. The number of carbonyl (C=O) groups excluding carboxylic acids is 2. The summed E-state index contributed by atoms with van der Waals surface area (Å²) in [5, 5.41) is 2.90. The van der Waals surface area contributed by atoms with Crippen molar-refractivity contribution in [1.29, 1.82) is 0 Å². The summed E-state index contributed by atoms with van der Waals surface area (Å²) in [6.45, 7) is 2.02. The summed E-state index contributed by atoms with van der Waals surface area (Å²) in [5.74, 6) is 0.157. The molecule has 0 spiro atoms. The highest BCUT2D eigenvalue weighted by Crippen LogP contribution is 2.27. The molecule has 1 saturated heterocycles. The van der Waals surface area contributed by atoms with Crippen LogP contribution in [0.15, 0.2) is 78.9 Å². The molecule has 6 heteroatoms. The van der Waals surface area contributed by atoms with Crippen LogP contribution in [0, 0.1) is 6.92 Å². The van der Waals surface area contributed by atoms with Gasteiger partial charge in [-0.2, -0.15) is 0 Å². The maximum absolute atomic E-state index is 12.9. The number of rotatable bonds is 5. The monoisotopic (exact) mass is 414 g/mol. The molecule has 0 aromatic heterocycles. The summed E-state index contributed by atoms with van der Waals surface area (Å²) in [7, 11) is 1.61. The third-order valence-corrected chi connectivity index (χ3v) is 5.28. The van der Waals surface area contributed by atoms with Crippen molar-refractivity contribution in [2.45, 2.75) is 19.0 Å². The summed E-state index contributed by atoms with van der Waals surface area (Å²) in [4.78, 5) is 25.7. The highest BCUT2D eigenvalue weighted by Gasteiger charge is 2.47. The highest BCUT2D eigenvalue weighted by molar-refractivity contribution is 5.98. The number of aryl methyl sites for hydroxylation is 1. The molecule has 0 aliphatic carbocycles. The van der Waals surface area contributed by atoms with Gasteiger partial charge in [0, 0.05) is 16.7 Å². The number of hydrogen-bond acceptors (Lipinski definition) is 3. The van der Waals surface area contributed by atoms with E-state index in [4.69, 9.17) is 4.74 Å². The van der Waals surface area contributed by atoms with Crippen LogP contribution in [0.2, 0.25) is 0 Å². The van der Waals surface area contributed by atoms with Crippen molar-refractivity contribution in [2.24, 2.45) is 0 Å². The second kappa shape index (κ2) is 8.83. The van der Waals surface area contributed by atoms with Gasteiger partial charge in [-0.1, -0.05) is 35.9 Å². The molecule has 2 amide bonds. The van der Waals surface area contributed by atoms with Crippen LogP contribution in [-0.4, -0.2) is 35.9 Å². The van der Waals surface area contributed by atoms with E-state index in [-0.39, 0.29) is 11.8 Å². The van der Waals surface area contributed by atoms with E-state index < -0.39 is 12.1 Å². The Morgan fingerprint density at radius 1 is 1.00 bits per heavy atom. The molecule has 6 nitrogen and oxygen atoms in total. The molecule has 3 aromatic rings. The standard InChI is InChI=1S/C25H23N3O3/c1-17-8-10-18(11-9-17)16-28-23(19-12-14-21(31-2)15-13-19)22(25(30)27-28)26-24(29)20-6-4-3-5-7-20/h3-16,22-23H,1-2H3,(H-,26,27,29,30)/p+1/b28-16-/t22-,23+/m0/s1. The lowest BCUT2D eigenvalue weighted by Gasteiger charge is -2.15. The minimum Gasteiger partial charge on any atom is -0.497 e. The number of hydrogen-bond donors (Lipinski definition) is 2. The van der Waals surface area contributed by atoms with Gasteiger partial charge in [-0.15, -0.1) is 10.1 Å². The summed E-state index contributed by atoms with van der Waals surface area (Å²) < 4.78 is 7.02. The van der Waals surface area contributed by atoms with Crippen molar-refractivity contribution in [3.63, 3.8) is 0 Å². The maximum atomic E-state index is 12.9. The molecule has 0 unspecified atom stereocenters. The normalized spacial score (nSPS) is 19.2. The summed E-state index contributed by atoms with van der Waals surface area (Å²) >= 11 is 0. The highest BCUT2D eigenvalue weighted by atomic mass is 16.5. The average Bonchev–Trinajstić information content (AvgIpc) is 3.10. The Kier molecular flexibility index (Phi) is 5.80. The van der Waals surface area contributed by atoms with E-state index >= 15 is 0 Å². The zero-order chi connectivity index (χ0) is 21.8. The third-order valence-electron chi connectivity index (χ3n) is 5.28. The number of nitrogens with one attached hydrogen (secondary N) is 2. The molecule has 2 atom stereocenters. The topological polar surface area (TPSA) is 70.4 Å². The number of nitrogens with zero attached hydrogens (tertiary/aromatic N) is 1. The van der Waals surface area contributed by atoms with Crippen LogP contribution in [0.1, 0.15) is 33.1 Å². The van der Waals surface area contributed by atoms with Crippen LogP contribution >= 0.6 is 0 Å². The fourth-order valence-electron chi connectivity index (χ4n) is 3.61. The van der Waals surface area contributed by atoms with Crippen molar-refractivity contribution in [3.8, 4) is 5.75 Å². The number of carbonyl (C=O) groups is 2. The molecular formula is C25H24N3O3+. The molecular weight excluding hydrogens is 390 g/mol. The first-order chi connectivity index (χ1) is 15.0. The molecule has 2 N–H and O–H groups in total. The molecule has 3 aromatic carbocycles. The zero-order valence-electron chi connectivity index (χ0n) is 17.4. The van der Waals surface area contributed by atoms with Gasteiger partial charge in [0.05, 0.1) is 7.11 Å². The van der Waals surface area contributed by atoms with Crippen LogP contribution in [0.4, 0.5) is 0 Å². The third kappa shape index (κ3) is 4.48. The first-order valence-corrected chi connectivity index (χ1v) is 10.1. The minimum atomic E-state index is -0.761. The lowest BCUT2D eigenvalue weighted by molar-refractivity contribution is -0.596. The van der Waals surface area contributed by atoms with E-state index in [1.54, 1.807) is 36.1 Å². The van der Waals surface area contributed by atoms with Gasteiger partial charge in [0.25, 0.3) is 5.91 Å². The Bertz CT molecular complexity index is 1110. The van der Waals surface area contributed by atoms with Crippen molar-refractivity contribution < 1.29 is 19.0 Å². The van der Waals surface area contributed by atoms with Gasteiger partial charge in [0.1, 0.15) is 5.75 Å². The van der Waals surface area contributed by atoms with E-state index in [1.807, 2.05) is 67.7 Å². The average molecular weight is 414 g/mol. The molecule has 0 bridgehead atoms. The van der Waals surface area contributed by atoms with Gasteiger partial charge < -0.3 is 10.1 Å². The lowest BCUT2D eigenvalue weighted by atomic mass is 9.99. The van der Waals surface area contributed by atoms with Crippen LogP contribution in [-0.2, 0) is 4.79 Å². The Labute approximate surface area is 181 Å². The van der Waals surface area contributed by atoms with Gasteiger partial charge in [0.15, 0.2) is 6.04 Å². The Morgan fingerprint density at radius 3 is 2.32 bits per heavy atom. The van der Waals surface area contributed by atoms with E-state index in [1.165, 1.54) is 0 Å². The minimum absolute atomic E-state index is 0.270. The van der Waals surface area contributed by atoms with Gasteiger partial charge in [-0.3, -0.25) is 9.59 Å². The number of amides is 2. The SMILES string of the molecule is COc1ccc([C@@H]2[C@H](NC(=O)c3ccccc3)C(=O)N/[N+]2=C\c2ccc(C)cc2)cc1. The van der Waals surface area contributed by atoms with Crippen molar-refractivity contribution in [3.05, 3.63) is 101 Å². The molecule has 31 heavy (non-hydrogen) atoms. The molecule has 1 aliphatic rings. The van der Waals surface area contributed by atoms with Crippen molar-refractivity contribution in [1.82, 2.24) is 10.7 Å². The summed E-state index contributed by atoms with van der Waals surface area (Å²) in [6, 6.07) is 23.2. The van der Waals surface area contributed by atoms with Crippen LogP contribution < -0.4 is 15.5 Å². The predicted molar refractivity (Wildman–Crippen MR) is 118 cm³/mol. The molecule has 156 valence electrons. The van der Waals surface area contributed by atoms with Crippen LogP contribution in [0.25, 0.3) is 0 Å². The number of benzene rings is 3. The number of hydrazone groups is 1. The van der Waals surface area contributed by atoms with Gasteiger partial charge in [-0.25, -0.2) is 0 Å². The molecule has 4 rings (SSSR count). The fourth-order valence-corrected chi connectivity index (χ4v) is 3.61. The Morgan fingerprint density at radius 2 is 1.68 bits per heavy atom. The molecule has 1 fully saturated rings. The summed E-state index contributed by atoms with van der Waals surface area (Å²) in [5.41, 5.74) is 6.37. The zero-order valence-corrected chi connectivity index (χ0v) is 17.4. The molecule has 0 saturated carbocycles. The maximum Gasteiger partial charge on any atom is 0.304 e. The second-order valence-electron chi connectivity index (χ2n) is 7.46. The Hall–Kier alpha value is -3.93. The fraction of sp³-hybridized carbons (Fsp3) is 0.160. The van der Waals surface area contributed by atoms with E-state index in [2.05, 4.69) is 10.7 Å². The first kappa shape index (κ1) is 20.3. The van der Waals surface area contributed by atoms with Crippen LogP contribution in [0.3, 0.4) is 0 Å². The molecule has 1 heterocycles. The van der Waals surface area contributed by atoms with Crippen LogP contribution in [0.5, 0.6) is 5.75 Å². The van der Waals surface area contributed by atoms with E-state index in [0.717, 1.165) is 22.4 Å². The quantitative estimate of drug-likeness (QED) is 0.631. The van der Waals surface area contributed by atoms with E-state index in [0.29, 0.717) is 5.56 Å². The van der Waals surface area contributed by atoms with Gasteiger partial charge in [-0.05, 0) is 55.5 Å². The second-order valence-corrected chi connectivity index (χ2v) is 7.46. The molecule has 0 radical (unpaired) electrons. The smallest absolute Gasteiger partial charge is 0.304 e. The largest absolute Gasteiger partial charge is 0.497 e. The summed E-state index contributed by atoms with van der Waals surface area (Å²) in [6.07, 6.45) is 1.88. The van der Waals surface area contributed by atoms with Gasteiger partial charge in [0.2, 0.25) is 12.3 Å². The Balaban J connectivity index is 1.70. The number of methoxy groups -OCH3 is 1. The lowest BCUT2D eigenvalue weighted by Crippen LogP contribution is -2.42. The van der Waals surface area contributed by atoms with E-state index in [9.17, 15) is 9.59 Å². The number of ether oxygens (including phenoxy) is 1. The predicted octanol–water partition coefficient (Wildman–Crippen LogP) is 3.02. The van der Waals surface area contributed by atoms with Gasteiger partial charge >= 0.3 is 5.91 Å².